The van der Waals surface area contributed by atoms with Crippen LogP contribution < -0.4 is 14.9 Å². The van der Waals surface area contributed by atoms with Gasteiger partial charge in [0, 0.05) is 23.8 Å². The number of aliphatic hydroxyl groups is 9. The van der Waals surface area contributed by atoms with E-state index >= 15 is 0 Å². The molecule has 0 bridgehead atoms. The highest BCUT2D eigenvalue weighted by molar-refractivity contribution is 5.87. The van der Waals surface area contributed by atoms with Crippen LogP contribution in [0.5, 0.6) is 28.7 Å². The summed E-state index contributed by atoms with van der Waals surface area (Å²) in [7, 11) is 0. The largest absolute Gasteiger partial charge is 0.508 e. The number of phenolic OH excluding ortho intramolecular Hbond substituents is 3. The van der Waals surface area contributed by atoms with Gasteiger partial charge in [-0.05, 0) is 48.0 Å². The minimum Gasteiger partial charge on any atom is -0.508 e. The zero-order chi connectivity index (χ0) is 45.3. The van der Waals surface area contributed by atoms with Gasteiger partial charge in [-0.2, -0.15) is 0 Å². The summed E-state index contributed by atoms with van der Waals surface area (Å²) in [4.78, 5) is 25.7. The van der Waals surface area contributed by atoms with Gasteiger partial charge in [0.15, 0.2) is 40.8 Å². The van der Waals surface area contributed by atoms with Crippen LogP contribution in [0.4, 0.5) is 0 Å². The third-order valence-electron chi connectivity index (χ3n) is 10.4. The standard InChI is InChI=1S/C41H44O22/c42-13-27-31(50)33(52)36(55)40(61-27)59-25-11-19(44)10-24-20(25)12-26(37(58-24)17-4-7-21(45)22(46)9-17)60-41-38(63-39-35(54)30(49)23(47)14-57-39)34(53)32(51)28(62-41)15-56-29(48)8-3-16-1-5-18(43)6-2-16/h1-12,23,27-28,30-36,38-43,45-47,49-55H,13-15H2/b8-3+/t23-,27-,28-,30+,31-,32-,33+,34+,35-,36-,38-,39+,40-,41-/m1/s1. The molecular weight excluding hydrogens is 844 g/mol. The molecular formula is C41H44O22. The van der Waals surface area contributed by atoms with E-state index in [0.717, 1.165) is 30.3 Å². The fraction of sp³-hybridized carbons (Fsp3) is 0.415. The molecule has 0 amide bonds. The molecule has 4 heterocycles. The fourth-order valence-corrected chi connectivity index (χ4v) is 6.93. The number of hydrogen-bond donors (Lipinski definition) is 12. The topological polar surface area (TPSA) is 355 Å². The van der Waals surface area contributed by atoms with Crippen molar-refractivity contribution in [3.8, 4) is 51.4 Å². The van der Waals surface area contributed by atoms with Crippen molar-refractivity contribution in [2.24, 2.45) is 0 Å². The minimum atomic E-state index is -2.01. The molecule has 0 saturated carbocycles. The summed E-state index contributed by atoms with van der Waals surface area (Å²) in [5.41, 5.74) is -0.290. The Hall–Kier alpha value is -5.44. The maximum absolute atomic E-state index is 13.0. The second-order valence-electron chi connectivity index (χ2n) is 14.8. The highest BCUT2D eigenvalue weighted by atomic mass is 16.8. The number of fused-ring (bicyclic) bond motifs is 1. The molecule has 4 aliphatic heterocycles. The van der Waals surface area contributed by atoms with E-state index in [0.29, 0.717) is 5.56 Å². The van der Waals surface area contributed by atoms with Crippen molar-refractivity contribution in [3.05, 3.63) is 82.5 Å². The van der Waals surface area contributed by atoms with E-state index in [1.807, 2.05) is 0 Å². The van der Waals surface area contributed by atoms with Crippen LogP contribution in [-0.2, 0) is 28.5 Å². The smallest absolute Gasteiger partial charge is 0.330 e. The summed E-state index contributed by atoms with van der Waals surface area (Å²) in [6.07, 6.45) is -22.5. The van der Waals surface area contributed by atoms with Gasteiger partial charge in [-0.25, -0.2) is 4.79 Å². The summed E-state index contributed by atoms with van der Waals surface area (Å²) in [5.74, 6) is -3.33. The Morgan fingerprint density at radius 3 is 2.10 bits per heavy atom. The van der Waals surface area contributed by atoms with Crippen molar-refractivity contribution >= 4 is 12.0 Å². The highest BCUT2D eigenvalue weighted by Gasteiger charge is 2.51. The summed E-state index contributed by atoms with van der Waals surface area (Å²) in [5, 5.41) is 125. The summed E-state index contributed by atoms with van der Waals surface area (Å²) in [6, 6.07) is 12.4. The molecule has 22 heteroatoms. The Bertz CT molecular complexity index is 2260. The van der Waals surface area contributed by atoms with Gasteiger partial charge in [0.05, 0.1) is 18.8 Å². The molecule has 5 aliphatic rings. The third kappa shape index (κ3) is 9.88. The highest BCUT2D eigenvalue weighted by Crippen LogP contribution is 2.44. The van der Waals surface area contributed by atoms with Crippen molar-refractivity contribution in [2.45, 2.75) is 86.0 Å². The molecule has 0 unspecified atom stereocenters. The quantitative estimate of drug-likeness (QED) is 0.0401. The molecule has 0 spiro atoms. The number of esters is 1. The molecule has 0 aromatic heterocycles. The van der Waals surface area contributed by atoms with Crippen LogP contribution in [0.2, 0.25) is 0 Å². The van der Waals surface area contributed by atoms with E-state index in [1.54, 1.807) is 0 Å². The van der Waals surface area contributed by atoms with Gasteiger partial charge < -0.3 is 98.9 Å². The predicted octanol–water partition coefficient (Wildman–Crippen LogP) is -2.39. The van der Waals surface area contributed by atoms with Crippen molar-refractivity contribution in [3.63, 3.8) is 0 Å². The first-order chi connectivity index (χ1) is 30.0. The lowest BCUT2D eigenvalue weighted by Gasteiger charge is -2.44. The van der Waals surface area contributed by atoms with E-state index in [-0.39, 0.29) is 39.9 Å². The maximum atomic E-state index is 13.0. The van der Waals surface area contributed by atoms with Gasteiger partial charge in [0.25, 0.3) is 0 Å². The average molecular weight is 889 g/mol. The second-order valence-corrected chi connectivity index (χ2v) is 14.8. The van der Waals surface area contributed by atoms with Gasteiger partial charge in [-0.1, -0.05) is 12.1 Å². The van der Waals surface area contributed by atoms with Crippen LogP contribution in [0.15, 0.2) is 76.0 Å². The normalized spacial score (nSPS) is 32.4. The Kier molecular flexibility index (Phi) is 13.8. The molecule has 63 heavy (non-hydrogen) atoms. The number of ether oxygens (including phenoxy) is 7. The number of benzene rings is 3. The van der Waals surface area contributed by atoms with Crippen molar-refractivity contribution < 1.29 is 104 Å². The van der Waals surface area contributed by atoms with Gasteiger partial charge in [0.1, 0.15) is 84.9 Å². The fourth-order valence-electron chi connectivity index (χ4n) is 6.93. The average Bonchev–Trinajstić information content (AvgIpc) is 3.26. The number of rotatable bonds is 12. The van der Waals surface area contributed by atoms with E-state index in [9.17, 15) is 70.9 Å². The number of aromatic hydroxyl groups is 3. The molecule has 7 rings (SSSR count). The molecule has 0 radical (unpaired) electrons. The number of aliphatic hydroxyl groups excluding tert-OH is 9. The third-order valence-corrected chi connectivity index (χ3v) is 10.4. The van der Waals surface area contributed by atoms with E-state index in [4.69, 9.17) is 37.6 Å². The maximum Gasteiger partial charge on any atom is 0.330 e. The van der Waals surface area contributed by atoms with Crippen molar-refractivity contribution in [2.75, 3.05) is 19.8 Å². The lowest BCUT2D eigenvalue weighted by molar-refractivity contribution is -0.345. The molecule has 340 valence electrons. The molecule has 22 nitrogen and oxygen atoms in total. The first-order valence-corrected chi connectivity index (χ1v) is 19.3. The number of carbonyl (C=O) groups excluding carboxylic acids is 1. The van der Waals surface area contributed by atoms with Gasteiger partial charge in [-0.15, -0.1) is 0 Å². The Morgan fingerprint density at radius 1 is 0.698 bits per heavy atom. The van der Waals surface area contributed by atoms with Crippen LogP contribution in [0.1, 0.15) is 5.56 Å². The van der Waals surface area contributed by atoms with E-state index in [2.05, 4.69) is 0 Å². The Labute approximate surface area is 355 Å². The second kappa shape index (κ2) is 19.1. The van der Waals surface area contributed by atoms with Crippen LogP contribution in [0.3, 0.4) is 0 Å². The van der Waals surface area contributed by atoms with Crippen molar-refractivity contribution in [1.82, 2.24) is 0 Å². The van der Waals surface area contributed by atoms with Crippen molar-refractivity contribution in [1.29, 1.82) is 0 Å². The Balaban J connectivity index is 1.26. The molecule has 1 aliphatic carbocycles. The lowest BCUT2D eigenvalue weighted by atomic mass is 9.98. The van der Waals surface area contributed by atoms with Crippen LogP contribution in [0.25, 0.3) is 28.7 Å². The molecule has 3 fully saturated rings. The number of phenols is 3. The molecule has 2 aromatic carbocycles. The molecule has 3 saturated heterocycles. The minimum absolute atomic E-state index is 0.00162. The van der Waals surface area contributed by atoms with Gasteiger partial charge in [-0.3, -0.25) is 4.79 Å². The number of hydrogen-bond acceptors (Lipinski definition) is 22. The first kappa shape index (κ1) is 45.6. The Morgan fingerprint density at radius 2 is 1.38 bits per heavy atom. The summed E-state index contributed by atoms with van der Waals surface area (Å²) < 4.78 is 46.3. The van der Waals surface area contributed by atoms with Crippen LogP contribution in [0, 0.1) is 0 Å². The SMILES string of the molecule is O=C(/C=C/c1ccc(O)cc1)OC[C@H]1O[C@@H](Oc2cc3c(O[C@@H]4O[C@H](CO)[C@@H](O)[C@H](O)[C@H]4O)cc(=O)cc-3oc2-c2ccc(O)c(O)c2)[C@H](O[C@@H]2OC[C@@H](O)[C@H](O)[C@H]2O)[C@@H](O)[C@@H]1O. The van der Waals surface area contributed by atoms with Crippen LogP contribution >= 0.6 is 0 Å². The molecule has 14 atom stereocenters. The monoisotopic (exact) mass is 888 g/mol. The lowest BCUT2D eigenvalue weighted by Crippen LogP contribution is -2.64. The number of carbonyl (C=O) groups is 1. The van der Waals surface area contributed by atoms with Crippen LogP contribution in [-0.4, -0.2) is 173 Å². The first-order valence-electron chi connectivity index (χ1n) is 19.3. The predicted molar refractivity (Wildman–Crippen MR) is 207 cm³/mol. The van der Waals surface area contributed by atoms with E-state index < -0.39 is 129 Å². The zero-order valence-corrected chi connectivity index (χ0v) is 32.6. The van der Waals surface area contributed by atoms with E-state index in [1.165, 1.54) is 42.5 Å². The summed E-state index contributed by atoms with van der Waals surface area (Å²) >= 11 is 0. The molecule has 12 N–H and O–H groups in total. The zero-order valence-electron chi connectivity index (χ0n) is 32.6. The molecule has 2 aromatic rings. The van der Waals surface area contributed by atoms with Gasteiger partial charge in [0.2, 0.25) is 12.6 Å². The summed E-state index contributed by atoms with van der Waals surface area (Å²) in [6.45, 7) is -2.04. The van der Waals surface area contributed by atoms with Gasteiger partial charge >= 0.3 is 5.97 Å².